The van der Waals surface area contributed by atoms with Crippen molar-refractivity contribution in [2.75, 3.05) is 14.2 Å². The molecule has 2 aromatic carbocycles. The fraction of sp³-hybridized carbons (Fsp3) is 0.133. The maximum Gasteiger partial charge on any atom is 0.200 e. The number of carbonyl (C=O) groups is 1. The molecule has 5 heteroatoms. The summed E-state index contributed by atoms with van der Waals surface area (Å²) in [6.45, 7) is 0. The first-order chi connectivity index (χ1) is 9.58. The molecule has 0 N–H and O–H groups in total. The molecule has 0 unspecified atom stereocenters. The largest absolute Gasteiger partial charge is 0.496 e. The van der Waals surface area contributed by atoms with Crippen molar-refractivity contribution in [2.24, 2.45) is 0 Å². The Morgan fingerprint density at radius 2 is 1.70 bits per heavy atom. The van der Waals surface area contributed by atoms with Crippen molar-refractivity contribution in [3.8, 4) is 11.5 Å². The van der Waals surface area contributed by atoms with Crippen molar-refractivity contribution in [2.45, 2.75) is 0 Å². The smallest absolute Gasteiger partial charge is 0.200 e. The Balaban J connectivity index is 2.55. The molecule has 0 saturated heterocycles. The number of hydrogen-bond acceptors (Lipinski definition) is 3. The molecule has 104 valence electrons. The van der Waals surface area contributed by atoms with Crippen LogP contribution in [0.4, 0.5) is 4.39 Å². The van der Waals surface area contributed by atoms with Crippen LogP contribution in [0.2, 0.25) is 0 Å². The molecule has 0 spiro atoms. The standard InChI is InChI=1S/C15H12BrFO3/c1-19-12-4-3-5-13(20-2)14(12)15(18)9-6-7-10(16)11(17)8-9/h3-8H,1-2H3. The van der Waals surface area contributed by atoms with Crippen molar-refractivity contribution in [1.29, 1.82) is 0 Å². The Morgan fingerprint density at radius 1 is 1.10 bits per heavy atom. The molecule has 0 amide bonds. The van der Waals surface area contributed by atoms with Gasteiger partial charge in [-0.1, -0.05) is 6.07 Å². The van der Waals surface area contributed by atoms with Gasteiger partial charge in [-0.2, -0.15) is 0 Å². The van der Waals surface area contributed by atoms with E-state index >= 15 is 0 Å². The highest BCUT2D eigenvalue weighted by Gasteiger charge is 2.20. The third-order valence-corrected chi connectivity index (χ3v) is 3.48. The van der Waals surface area contributed by atoms with Crippen LogP contribution in [0.25, 0.3) is 0 Å². The van der Waals surface area contributed by atoms with Gasteiger partial charge in [0.15, 0.2) is 0 Å². The van der Waals surface area contributed by atoms with E-state index in [4.69, 9.17) is 9.47 Å². The number of halogens is 2. The van der Waals surface area contributed by atoms with Crippen molar-refractivity contribution >= 4 is 21.7 Å². The molecule has 0 heterocycles. The summed E-state index contributed by atoms with van der Waals surface area (Å²) in [5, 5.41) is 0. The molecular weight excluding hydrogens is 327 g/mol. The Bertz CT molecular complexity index is 633. The molecule has 0 fully saturated rings. The monoisotopic (exact) mass is 338 g/mol. The predicted molar refractivity (Wildman–Crippen MR) is 77.1 cm³/mol. The zero-order chi connectivity index (χ0) is 14.7. The summed E-state index contributed by atoms with van der Waals surface area (Å²) < 4.78 is 24.2. The van der Waals surface area contributed by atoms with Crippen LogP contribution in [0.3, 0.4) is 0 Å². The Kier molecular flexibility index (Phi) is 4.39. The fourth-order valence-corrected chi connectivity index (χ4v) is 2.10. The van der Waals surface area contributed by atoms with Gasteiger partial charge in [0.1, 0.15) is 22.9 Å². The van der Waals surface area contributed by atoms with Gasteiger partial charge >= 0.3 is 0 Å². The third-order valence-electron chi connectivity index (χ3n) is 2.84. The molecule has 0 saturated carbocycles. The van der Waals surface area contributed by atoms with E-state index in [9.17, 15) is 9.18 Å². The van der Waals surface area contributed by atoms with Crippen LogP contribution in [0, 0.1) is 5.82 Å². The van der Waals surface area contributed by atoms with E-state index in [2.05, 4.69) is 15.9 Å². The maximum absolute atomic E-state index is 13.6. The number of ketones is 1. The summed E-state index contributed by atoms with van der Waals surface area (Å²) in [6, 6.07) is 9.25. The first-order valence-corrected chi connectivity index (χ1v) is 6.58. The summed E-state index contributed by atoms with van der Waals surface area (Å²) in [4.78, 5) is 12.5. The molecule has 0 aromatic heterocycles. The number of hydrogen-bond donors (Lipinski definition) is 0. The van der Waals surface area contributed by atoms with Gasteiger partial charge in [0, 0.05) is 5.56 Å². The zero-order valence-corrected chi connectivity index (χ0v) is 12.5. The van der Waals surface area contributed by atoms with Gasteiger partial charge in [0.25, 0.3) is 0 Å². The van der Waals surface area contributed by atoms with Crippen LogP contribution in [-0.4, -0.2) is 20.0 Å². The summed E-state index contributed by atoms with van der Waals surface area (Å²) in [5.74, 6) is -0.0780. The molecular formula is C15H12BrFO3. The van der Waals surface area contributed by atoms with Crippen LogP contribution in [0.1, 0.15) is 15.9 Å². The second-order valence-corrected chi connectivity index (χ2v) is 4.85. The second kappa shape index (κ2) is 6.05. The van der Waals surface area contributed by atoms with E-state index in [0.29, 0.717) is 16.0 Å². The predicted octanol–water partition coefficient (Wildman–Crippen LogP) is 3.84. The first kappa shape index (κ1) is 14.5. The average Bonchev–Trinajstić information content (AvgIpc) is 2.48. The second-order valence-electron chi connectivity index (χ2n) is 4.00. The minimum absolute atomic E-state index is 0.230. The van der Waals surface area contributed by atoms with E-state index in [1.54, 1.807) is 24.3 Å². The lowest BCUT2D eigenvalue weighted by molar-refractivity contribution is 0.103. The molecule has 2 aromatic rings. The topological polar surface area (TPSA) is 35.5 Å². The van der Waals surface area contributed by atoms with Crippen LogP contribution >= 0.6 is 15.9 Å². The Labute approximate surface area is 124 Å². The summed E-state index contributed by atoms with van der Waals surface area (Å²) >= 11 is 3.06. The van der Waals surface area contributed by atoms with Gasteiger partial charge in [-0.3, -0.25) is 4.79 Å². The van der Waals surface area contributed by atoms with Gasteiger partial charge in [-0.15, -0.1) is 0 Å². The molecule has 0 aliphatic carbocycles. The van der Waals surface area contributed by atoms with E-state index in [0.717, 1.165) is 0 Å². The lowest BCUT2D eigenvalue weighted by Gasteiger charge is -2.12. The third kappa shape index (κ3) is 2.67. The molecule has 20 heavy (non-hydrogen) atoms. The van der Waals surface area contributed by atoms with Crippen molar-refractivity contribution in [3.05, 3.63) is 57.8 Å². The van der Waals surface area contributed by atoms with E-state index < -0.39 is 5.82 Å². The average molecular weight is 339 g/mol. The Morgan fingerprint density at radius 3 is 2.20 bits per heavy atom. The maximum atomic E-state index is 13.6. The minimum atomic E-state index is -0.496. The SMILES string of the molecule is COc1cccc(OC)c1C(=O)c1ccc(Br)c(F)c1. The lowest BCUT2D eigenvalue weighted by Crippen LogP contribution is -2.07. The normalized spacial score (nSPS) is 10.2. The molecule has 3 nitrogen and oxygen atoms in total. The van der Waals surface area contributed by atoms with Crippen molar-refractivity contribution in [1.82, 2.24) is 0 Å². The van der Waals surface area contributed by atoms with E-state index in [1.165, 1.54) is 26.4 Å². The number of carbonyl (C=O) groups excluding carboxylic acids is 1. The molecule has 0 aliphatic rings. The zero-order valence-electron chi connectivity index (χ0n) is 10.9. The van der Waals surface area contributed by atoms with Gasteiger partial charge < -0.3 is 9.47 Å². The van der Waals surface area contributed by atoms with Gasteiger partial charge in [-0.05, 0) is 46.3 Å². The molecule has 0 atom stereocenters. The Hall–Kier alpha value is -1.88. The molecule has 0 aliphatic heterocycles. The minimum Gasteiger partial charge on any atom is -0.496 e. The highest BCUT2D eigenvalue weighted by molar-refractivity contribution is 9.10. The van der Waals surface area contributed by atoms with Crippen LogP contribution in [0.15, 0.2) is 40.9 Å². The quantitative estimate of drug-likeness (QED) is 0.794. The molecule has 2 rings (SSSR count). The van der Waals surface area contributed by atoms with E-state index in [1.807, 2.05) is 0 Å². The van der Waals surface area contributed by atoms with Gasteiger partial charge in [0.2, 0.25) is 5.78 Å². The van der Waals surface area contributed by atoms with Gasteiger partial charge in [-0.25, -0.2) is 4.39 Å². The van der Waals surface area contributed by atoms with Crippen molar-refractivity contribution < 1.29 is 18.7 Å². The summed E-state index contributed by atoms with van der Waals surface area (Å²) in [7, 11) is 2.93. The van der Waals surface area contributed by atoms with Crippen LogP contribution in [-0.2, 0) is 0 Å². The first-order valence-electron chi connectivity index (χ1n) is 5.79. The highest BCUT2D eigenvalue weighted by atomic mass is 79.9. The van der Waals surface area contributed by atoms with Crippen LogP contribution in [0.5, 0.6) is 11.5 Å². The number of methoxy groups -OCH3 is 2. The van der Waals surface area contributed by atoms with E-state index in [-0.39, 0.29) is 16.9 Å². The number of ether oxygens (including phenoxy) is 2. The number of benzene rings is 2. The lowest BCUT2D eigenvalue weighted by atomic mass is 10.0. The van der Waals surface area contributed by atoms with Crippen molar-refractivity contribution in [3.63, 3.8) is 0 Å². The molecule has 0 bridgehead atoms. The van der Waals surface area contributed by atoms with Crippen LogP contribution < -0.4 is 9.47 Å². The van der Waals surface area contributed by atoms with Gasteiger partial charge in [0.05, 0.1) is 18.7 Å². The molecule has 0 radical (unpaired) electrons. The summed E-state index contributed by atoms with van der Waals surface area (Å²) in [6.07, 6.45) is 0. The fourth-order valence-electron chi connectivity index (χ4n) is 1.86. The summed E-state index contributed by atoms with van der Waals surface area (Å²) in [5.41, 5.74) is 0.507. The highest BCUT2D eigenvalue weighted by Crippen LogP contribution is 2.31. The number of rotatable bonds is 4.